The van der Waals surface area contributed by atoms with Crippen molar-refractivity contribution in [1.82, 2.24) is 9.13 Å². The van der Waals surface area contributed by atoms with Crippen LogP contribution in [0.4, 0.5) is 0 Å². The van der Waals surface area contributed by atoms with Crippen LogP contribution in [-0.4, -0.2) is 9.13 Å². The lowest BCUT2D eigenvalue weighted by molar-refractivity contribution is 1.16. The molecule has 4 nitrogen and oxygen atoms in total. The molecule has 2 heterocycles. The Morgan fingerprint density at radius 3 is 1.55 bits per heavy atom. The van der Waals surface area contributed by atoms with Crippen molar-refractivity contribution >= 4 is 43.6 Å². The molecule has 0 spiro atoms. The van der Waals surface area contributed by atoms with Crippen LogP contribution in [0, 0.1) is 22.7 Å². The van der Waals surface area contributed by atoms with Crippen molar-refractivity contribution in [3.05, 3.63) is 145 Å². The van der Waals surface area contributed by atoms with Crippen LogP contribution in [0.3, 0.4) is 0 Å². The molecule has 0 aliphatic heterocycles. The maximum Gasteiger partial charge on any atom is 0.0998 e. The summed E-state index contributed by atoms with van der Waals surface area (Å²) in [5.74, 6) is 0. The van der Waals surface area contributed by atoms with Crippen LogP contribution in [0.25, 0.3) is 66.1 Å². The number of nitriles is 2. The highest BCUT2D eigenvalue weighted by Crippen LogP contribution is 2.40. The molecule has 0 saturated heterocycles. The number of aromatic nitrogens is 2. The second-order valence-electron chi connectivity index (χ2n) is 10.4. The van der Waals surface area contributed by atoms with Gasteiger partial charge in [-0.1, -0.05) is 72.8 Å². The minimum atomic E-state index is 0.488. The van der Waals surface area contributed by atoms with Crippen LogP contribution in [-0.2, 0) is 0 Å². The fourth-order valence-electron chi connectivity index (χ4n) is 6.41. The highest BCUT2D eigenvalue weighted by Gasteiger charge is 2.19. The second-order valence-corrected chi connectivity index (χ2v) is 10.4. The van der Waals surface area contributed by atoms with Crippen molar-refractivity contribution in [2.24, 2.45) is 0 Å². The van der Waals surface area contributed by atoms with Crippen LogP contribution in [0.1, 0.15) is 11.1 Å². The SMILES string of the molecule is N#Cc1cccc(C#N)c1-c1cccc(-n2c3ccccc3c3cc4c5ccccc5n(-c5ccccc5)c4cc32)c1. The normalized spacial score (nSPS) is 11.3. The van der Waals surface area contributed by atoms with Gasteiger partial charge in [-0.05, 0) is 66.2 Å². The summed E-state index contributed by atoms with van der Waals surface area (Å²) in [5.41, 5.74) is 9.06. The topological polar surface area (TPSA) is 57.4 Å². The van der Waals surface area contributed by atoms with E-state index in [2.05, 4.69) is 118 Å². The van der Waals surface area contributed by atoms with Gasteiger partial charge in [0.25, 0.3) is 0 Å². The molecule has 0 saturated carbocycles. The Morgan fingerprint density at radius 1 is 0.405 bits per heavy atom. The molecule has 6 aromatic carbocycles. The lowest BCUT2D eigenvalue weighted by Gasteiger charge is -2.12. The molecule has 2 aromatic heterocycles. The van der Waals surface area contributed by atoms with E-state index in [0.29, 0.717) is 16.7 Å². The van der Waals surface area contributed by atoms with Crippen molar-refractivity contribution in [2.45, 2.75) is 0 Å². The highest BCUT2D eigenvalue weighted by molar-refractivity contribution is 6.19. The van der Waals surface area contributed by atoms with E-state index in [9.17, 15) is 10.5 Å². The van der Waals surface area contributed by atoms with Gasteiger partial charge in [0.1, 0.15) is 0 Å². The van der Waals surface area contributed by atoms with Crippen LogP contribution >= 0.6 is 0 Å². The molecular weight excluding hydrogens is 512 g/mol. The standard InChI is InChI=1S/C38H22N4/c39-23-26-11-8-12-27(24-40)38(26)25-10-9-15-29(20-25)42-35-19-7-5-17-31(35)33-21-32-30-16-4-6-18-34(30)41(36(32)22-37(33)42)28-13-2-1-3-14-28/h1-22H. The molecule has 0 atom stereocenters. The molecule has 194 valence electrons. The van der Waals surface area contributed by atoms with Gasteiger partial charge < -0.3 is 9.13 Å². The van der Waals surface area contributed by atoms with E-state index in [0.717, 1.165) is 33.5 Å². The van der Waals surface area contributed by atoms with E-state index in [-0.39, 0.29) is 0 Å². The van der Waals surface area contributed by atoms with Gasteiger partial charge in [0, 0.05) is 38.5 Å². The number of benzene rings is 6. The van der Waals surface area contributed by atoms with Crippen molar-refractivity contribution in [1.29, 1.82) is 10.5 Å². The monoisotopic (exact) mass is 534 g/mol. The molecular formula is C38H22N4. The lowest BCUT2D eigenvalue weighted by Crippen LogP contribution is -1.97. The third kappa shape index (κ3) is 3.40. The Kier molecular flexibility index (Phi) is 5.22. The number of para-hydroxylation sites is 3. The summed E-state index contributed by atoms with van der Waals surface area (Å²) in [7, 11) is 0. The molecule has 4 heteroatoms. The molecule has 0 bridgehead atoms. The Balaban J connectivity index is 1.48. The van der Waals surface area contributed by atoms with Crippen molar-refractivity contribution in [3.8, 4) is 34.6 Å². The maximum atomic E-state index is 9.85. The average Bonchev–Trinajstić information content (AvgIpc) is 3.55. The van der Waals surface area contributed by atoms with Gasteiger partial charge in [-0.3, -0.25) is 0 Å². The number of rotatable bonds is 3. The Labute approximate surface area is 242 Å². The highest BCUT2D eigenvalue weighted by atomic mass is 15.0. The fraction of sp³-hybridized carbons (Fsp3) is 0. The minimum absolute atomic E-state index is 0.488. The fourth-order valence-corrected chi connectivity index (χ4v) is 6.41. The molecule has 42 heavy (non-hydrogen) atoms. The number of nitrogens with zero attached hydrogens (tertiary/aromatic N) is 4. The number of hydrogen-bond donors (Lipinski definition) is 0. The molecule has 8 aromatic rings. The Hall–Kier alpha value is -6.10. The summed E-state index contributed by atoms with van der Waals surface area (Å²) < 4.78 is 4.63. The van der Waals surface area contributed by atoms with Crippen molar-refractivity contribution < 1.29 is 0 Å². The van der Waals surface area contributed by atoms with E-state index >= 15 is 0 Å². The van der Waals surface area contributed by atoms with Gasteiger partial charge in [-0.2, -0.15) is 10.5 Å². The summed E-state index contributed by atoms with van der Waals surface area (Å²) in [5, 5.41) is 24.5. The van der Waals surface area contributed by atoms with Crippen molar-refractivity contribution in [2.75, 3.05) is 0 Å². The van der Waals surface area contributed by atoms with Gasteiger partial charge >= 0.3 is 0 Å². The smallest absolute Gasteiger partial charge is 0.0998 e. The molecule has 0 N–H and O–H groups in total. The zero-order valence-corrected chi connectivity index (χ0v) is 22.5. The largest absolute Gasteiger partial charge is 0.309 e. The van der Waals surface area contributed by atoms with Crippen LogP contribution in [0.2, 0.25) is 0 Å². The zero-order chi connectivity index (χ0) is 28.2. The first kappa shape index (κ1) is 23.8. The molecule has 0 amide bonds. The first-order valence-corrected chi connectivity index (χ1v) is 13.8. The summed E-state index contributed by atoms with van der Waals surface area (Å²) in [6.07, 6.45) is 0. The lowest BCUT2D eigenvalue weighted by atomic mass is 9.95. The number of fused-ring (bicyclic) bond motifs is 6. The quantitative estimate of drug-likeness (QED) is 0.227. The van der Waals surface area contributed by atoms with Gasteiger partial charge in [0.15, 0.2) is 0 Å². The summed E-state index contributed by atoms with van der Waals surface area (Å²) >= 11 is 0. The van der Waals surface area contributed by atoms with Crippen LogP contribution in [0.15, 0.2) is 133 Å². The Morgan fingerprint density at radius 2 is 0.929 bits per heavy atom. The van der Waals surface area contributed by atoms with Gasteiger partial charge in [0.2, 0.25) is 0 Å². The number of hydrogen-bond acceptors (Lipinski definition) is 2. The van der Waals surface area contributed by atoms with E-state index in [1.165, 1.54) is 27.1 Å². The van der Waals surface area contributed by atoms with E-state index in [1.807, 2.05) is 18.2 Å². The van der Waals surface area contributed by atoms with Crippen LogP contribution in [0.5, 0.6) is 0 Å². The van der Waals surface area contributed by atoms with Crippen LogP contribution < -0.4 is 0 Å². The Bertz CT molecular complexity index is 2400. The van der Waals surface area contributed by atoms with Crippen molar-refractivity contribution in [3.63, 3.8) is 0 Å². The molecule has 0 aliphatic carbocycles. The summed E-state index contributed by atoms with van der Waals surface area (Å²) in [4.78, 5) is 0. The van der Waals surface area contributed by atoms with Gasteiger partial charge in [-0.25, -0.2) is 0 Å². The second kappa shape index (κ2) is 9.24. The van der Waals surface area contributed by atoms with Gasteiger partial charge in [-0.15, -0.1) is 0 Å². The third-order valence-corrected chi connectivity index (χ3v) is 8.18. The minimum Gasteiger partial charge on any atom is -0.309 e. The average molecular weight is 535 g/mol. The first-order chi connectivity index (χ1) is 20.8. The summed E-state index contributed by atoms with van der Waals surface area (Å²) in [6, 6.07) is 50.2. The van der Waals surface area contributed by atoms with E-state index < -0.39 is 0 Å². The molecule has 0 radical (unpaired) electrons. The maximum absolute atomic E-state index is 9.85. The van der Waals surface area contributed by atoms with Gasteiger partial charge in [0.05, 0.1) is 45.3 Å². The summed E-state index contributed by atoms with van der Waals surface area (Å²) in [6.45, 7) is 0. The molecule has 0 unspecified atom stereocenters. The molecule has 8 rings (SSSR count). The molecule has 0 aliphatic rings. The molecule has 0 fully saturated rings. The first-order valence-electron chi connectivity index (χ1n) is 13.8. The predicted octanol–water partition coefficient (Wildman–Crippen LogP) is 9.29. The van der Waals surface area contributed by atoms with E-state index in [1.54, 1.807) is 18.2 Å². The third-order valence-electron chi connectivity index (χ3n) is 8.18. The van der Waals surface area contributed by atoms with E-state index in [4.69, 9.17) is 0 Å². The zero-order valence-electron chi connectivity index (χ0n) is 22.5. The predicted molar refractivity (Wildman–Crippen MR) is 170 cm³/mol.